The number of carbonyl (C=O) groups excluding carboxylic acids is 1. The maximum absolute atomic E-state index is 12.3. The highest BCUT2D eigenvalue weighted by atomic mass is 32.1. The Morgan fingerprint density at radius 3 is 2.61 bits per heavy atom. The molecule has 1 saturated heterocycles. The van der Waals surface area contributed by atoms with E-state index in [1.165, 1.54) is 39.4 Å². The van der Waals surface area contributed by atoms with Gasteiger partial charge in [0.05, 0.1) is 0 Å². The van der Waals surface area contributed by atoms with Crippen LogP contribution in [0.15, 0.2) is 24.3 Å². The highest BCUT2D eigenvalue weighted by molar-refractivity contribution is 7.12. The van der Waals surface area contributed by atoms with Crippen molar-refractivity contribution in [3.05, 3.63) is 45.1 Å². The first-order chi connectivity index (χ1) is 11.1. The first-order valence-corrected chi connectivity index (χ1v) is 9.20. The Labute approximate surface area is 141 Å². The van der Waals surface area contributed by atoms with E-state index in [1.807, 2.05) is 0 Å². The van der Waals surface area contributed by atoms with Gasteiger partial charge in [0.25, 0.3) is 0 Å². The van der Waals surface area contributed by atoms with Gasteiger partial charge in [0, 0.05) is 46.6 Å². The van der Waals surface area contributed by atoms with Crippen LogP contribution in [0, 0.1) is 13.8 Å². The number of carbonyl (C=O) groups is 1. The molecule has 0 radical (unpaired) electrons. The fourth-order valence-corrected chi connectivity index (χ4v) is 4.86. The molecule has 0 spiro atoms. The molecule has 2 aromatic rings. The maximum Gasteiger partial charge on any atom is 0.225 e. The van der Waals surface area contributed by atoms with Crippen LogP contribution in [-0.2, 0) is 4.79 Å². The Morgan fingerprint density at radius 2 is 1.91 bits per heavy atom. The minimum atomic E-state index is 0.134. The van der Waals surface area contributed by atoms with Crippen LogP contribution in [-0.4, -0.2) is 19.0 Å². The number of anilines is 2. The molecule has 1 N–H and O–H groups in total. The van der Waals surface area contributed by atoms with Crippen LogP contribution >= 0.6 is 11.3 Å². The van der Waals surface area contributed by atoms with Crippen molar-refractivity contribution in [3.63, 3.8) is 0 Å². The van der Waals surface area contributed by atoms with Gasteiger partial charge in [-0.3, -0.25) is 4.79 Å². The summed E-state index contributed by atoms with van der Waals surface area (Å²) in [6, 6.07) is 8.81. The Bertz CT molecular complexity index is 759. The van der Waals surface area contributed by atoms with E-state index in [0.29, 0.717) is 6.42 Å². The summed E-state index contributed by atoms with van der Waals surface area (Å²) in [5.74, 6) is 0.332. The molecule has 1 amide bonds. The van der Waals surface area contributed by atoms with Crippen molar-refractivity contribution in [1.82, 2.24) is 0 Å². The highest BCUT2D eigenvalue weighted by Gasteiger charge is 2.30. The van der Waals surface area contributed by atoms with Gasteiger partial charge in [-0.2, -0.15) is 0 Å². The van der Waals surface area contributed by atoms with Gasteiger partial charge < -0.3 is 10.2 Å². The molecule has 0 bridgehead atoms. The smallest absolute Gasteiger partial charge is 0.225 e. The summed E-state index contributed by atoms with van der Waals surface area (Å²) >= 11 is 1.80. The fraction of sp³-hybridized carbons (Fsp3) is 0.421. The monoisotopic (exact) mass is 326 g/mol. The SMILES string of the molecule is Cc1ccc(C2CC(=O)Nc3c2ccc(N2CCCC2)c3C)s1. The van der Waals surface area contributed by atoms with Gasteiger partial charge in [0.15, 0.2) is 0 Å². The second-order valence-corrected chi connectivity index (χ2v) is 7.94. The predicted octanol–water partition coefficient (Wildman–Crippen LogP) is 4.44. The second kappa shape index (κ2) is 5.68. The zero-order valence-corrected chi connectivity index (χ0v) is 14.5. The lowest BCUT2D eigenvalue weighted by Gasteiger charge is -2.30. The van der Waals surface area contributed by atoms with E-state index < -0.39 is 0 Å². The third-order valence-electron chi connectivity index (χ3n) is 5.05. The number of nitrogens with one attached hydrogen (secondary N) is 1. The van der Waals surface area contributed by atoms with E-state index in [4.69, 9.17) is 0 Å². The van der Waals surface area contributed by atoms with Gasteiger partial charge in [-0.25, -0.2) is 0 Å². The van der Waals surface area contributed by atoms with Crippen LogP contribution in [0.2, 0.25) is 0 Å². The Kier molecular flexibility index (Phi) is 3.64. The van der Waals surface area contributed by atoms with Crippen LogP contribution in [0.1, 0.15) is 46.1 Å². The predicted molar refractivity (Wildman–Crippen MR) is 96.8 cm³/mol. The molecule has 4 heteroatoms. The second-order valence-electron chi connectivity index (χ2n) is 6.62. The van der Waals surface area contributed by atoms with E-state index in [-0.39, 0.29) is 11.8 Å². The largest absolute Gasteiger partial charge is 0.371 e. The molecule has 0 aliphatic carbocycles. The summed E-state index contributed by atoms with van der Waals surface area (Å²) in [6.45, 7) is 6.52. The normalized spacial score (nSPS) is 20.5. The van der Waals surface area contributed by atoms with E-state index in [1.54, 1.807) is 11.3 Å². The van der Waals surface area contributed by atoms with Crippen LogP contribution in [0.4, 0.5) is 11.4 Å². The molecule has 2 aliphatic rings. The summed E-state index contributed by atoms with van der Waals surface area (Å²) in [5, 5.41) is 3.14. The van der Waals surface area contributed by atoms with Gasteiger partial charge in [-0.05, 0) is 56.0 Å². The lowest BCUT2D eigenvalue weighted by Crippen LogP contribution is -2.26. The van der Waals surface area contributed by atoms with Crippen LogP contribution in [0.5, 0.6) is 0 Å². The molecule has 1 fully saturated rings. The first kappa shape index (κ1) is 14.8. The molecule has 120 valence electrons. The average molecular weight is 326 g/mol. The molecule has 0 saturated carbocycles. The van der Waals surface area contributed by atoms with Crippen molar-refractivity contribution in [2.24, 2.45) is 0 Å². The molecule has 1 aromatic heterocycles. The van der Waals surface area contributed by atoms with Crippen molar-refractivity contribution in [3.8, 4) is 0 Å². The summed E-state index contributed by atoms with van der Waals surface area (Å²) in [5.41, 5.74) is 4.81. The van der Waals surface area contributed by atoms with Gasteiger partial charge in [-0.15, -0.1) is 11.3 Å². The molecule has 3 heterocycles. The quantitative estimate of drug-likeness (QED) is 0.885. The molecule has 1 unspecified atom stereocenters. The zero-order chi connectivity index (χ0) is 16.0. The summed E-state index contributed by atoms with van der Waals surface area (Å²) in [6.07, 6.45) is 3.08. The minimum absolute atomic E-state index is 0.134. The Balaban J connectivity index is 1.79. The summed E-state index contributed by atoms with van der Waals surface area (Å²) < 4.78 is 0. The third-order valence-corrected chi connectivity index (χ3v) is 6.16. The summed E-state index contributed by atoms with van der Waals surface area (Å²) in [7, 11) is 0. The number of benzene rings is 1. The Morgan fingerprint density at radius 1 is 1.13 bits per heavy atom. The van der Waals surface area contributed by atoms with Crippen molar-refractivity contribution < 1.29 is 4.79 Å². The number of rotatable bonds is 2. The molecule has 23 heavy (non-hydrogen) atoms. The van der Waals surface area contributed by atoms with E-state index in [2.05, 4.69) is 48.3 Å². The third kappa shape index (κ3) is 2.55. The van der Waals surface area contributed by atoms with Crippen molar-refractivity contribution in [2.75, 3.05) is 23.3 Å². The lowest BCUT2D eigenvalue weighted by molar-refractivity contribution is -0.116. The molecular weight excluding hydrogens is 304 g/mol. The van der Waals surface area contributed by atoms with Crippen LogP contribution in [0.3, 0.4) is 0 Å². The molecular formula is C19H22N2OS. The van der Waals surface area contributed by atoms with Gasteiger partial charge in [0.1, 0.15) is 0 Å². The van der Waals surface area contributed by atoms with Gasteiger partial charge in [0.2, 0.25) is 5.91 Å². The van der Waals surface area contributed by atoms with Crippen molar-refractivity contribution in [1.29, 1.82) is 0 Å². The summed E-state index contributed by atoms with van der Waals surface area (Å²) in [4.78, 5) is 17.3. The molecule has 1 atom stereocenters. The number of fused-ring (bicyclic) bond motifs is 1. The average Bonchev–Trinajstić information content (AvgIpc) is 3.19. The number of thiophene rings is 1. The first-order valence-electron chi connectivity index (χ1n) is 8.38. The maximum atomic E-state index is 12.3. The fourth-order valence-electron chi connectivity index (χ4n) is 3.86. The number of aryl methyl sites for hydroxylation is 1. The minimum Gasteiger partial charge on any atom is -0.371 e. The van der Waals surface area contributed by atoms with E-state index in [0.717, 1.165) is 18.8 Å². The Hall–Kier alpha value is -1.81. The number of hydrogen-bond donors (Lipinski definition) is 1. The standard InChI is InChI=1S/C19H22N2OS/c1-12-5-8-17(23-12)15-11-18(22)20-19-13(2)16(7-6-14(15)19)21-9-3-4-10-21/h5-8,15H,3-4,9-11H2,1-2H3,(H,20,22). The highest BCUT2D eigenvalue weighted by Crippen LogP contribution is 2.43. The van der Waals surface area contributed by atoms with Crippen LogP contribution < -0.4 is 10.2 Å². The molecule has 3 nitrogen and oxygen atoms in total. The number of amides is 1. The van der Waals surface area contributed by atoms with Crippen molar-refractivity contribution in [2.45, 2.75) is 39.0 Å². The molecule has 4 rings (SSSR count). The van der Waals surface area contributed by atoms with Crippen LogP contribution in [0.25, 0.3) is 0 Å². The van der Waals surface area contributed by atoms with E-state index in [9.17, 15) is 4.79 Å². The molecule has 1 aromatic carbocycles. The topological polar surface area (TPSA) is 32.3 Å². The number of nitrogens with zero attached hydrogens (tertiary/aromatic N) is 1. The lowest BCUT2D eigenvalue weighted by atomic mass is 9.87. The van der Waals surface area contributed by atoms with Gasteiger partial charge in [-0.1, -0.05) is 6.07 Å². The van der Waals surface area contributed by atoms with Gasteiger partial charge >= 0.3 is 0 Å². The van der Waals surface area contributed by atoms with E-state index >= 15 is 0 Å². The van der Waals surface area contributed by atoms with Crippen molar-refractivity contribution >= 4 is 28.6 Å². The zero-order valence-electron chi connectivity index (χ0n) is 13.7. The molecule has 2 aliphatic heterocycles. The number of hydrogen-bond acceptors (Lipinski definition) is 3.